The summed E-state index contributed by atoms with van der Waals surface area (Å²) in [5.41, 5.74) is 11.5. The van der Waals surface area contributed by atoms with E-state index in [4.69, 9.17) is 11.5 Å². The molecule has 4 heteroatoms. The third kappa shape index (κ3) is 1.79. The van der Waals surface area contributed by atoms with Crippen molar-refractivity contribution >= 4 is 5.91 Å². The van der Waals surface area contributed by atoms with E-state index in [9.17, 15) is 4.79 Å². The summed E-state index contributed by atoms with van der Waals surface area (Å²) >= 11 is 0. The number of hydrogen-bond donors (Lipinski definition) is 2. The molecule has 4 nitrogen and oxygen atoms in total. The maximum atomic E-state index is 10.7. The van der Waals surface area contributed by atoms with E-state index in [-0.39, 0.29) is 11.7 Å². The van der Waals surface area contributed by atoms with Gasteiger partial charge in [-0.3, -0.25) is 4.79 Å². The predicted octanol–water partition coefficient (Wildman–Crippen LogP) is 0.200. The van der Waals surface area contributed by atoms with Crippen molar-refractivity contribution in [3.05, 3.63) is 29.6 Å². The Morgan fingerprint density at radius 2 is 2.25 bits per heavy atom. The number of carbonyl (C=O) groups is 1. The van der Waals surface area contributed by atoms with E-state index in [0.29, 0.717) is 5.69 Å². The standard InChI is InChI=1S/C8H11N3O/c1-5(9)6-3-2-4-7(11-6)8(10)12/h2-5H,9H2,1H3,(H2,10,12). The highest BCUT2D eigenvalue weighted by Crippen LogP contribution is 2.06. The normalized spacial score (nSPS) is 12.5. The Kier molecular flexibility index (Phi) is 2.40. The van der Waals surface area contributed by atoms with Crippen LogP contribution in [-0.2, 0) is 0 Å². The molecule has 12 heavy (non-hydrogen) atoms. The fraction of sp³-hybridized carbons (Fsp3) is 0.250. The van der Waals surface area contributed by atoms with Gasteiger partial charge in [-0.1, -0.05) is 6.07 Å². The molecule has 1 amide bonds. The molecule has 1 heterocycles. The third-order valence-corrected chi connectivity index (χ3v) is 1.49. The Morgan fingerprint density at radius 3 is 2.75 bits per heavy atom. The van der Waals surface area contributed by atoms with Gasteiger partial charge in [0.05, 0.1) is 5.69 Å². The van der Waals surface area contributed by atoms with Crippen molar-refractivity contribution < 1.29 is 4.79 Å². The van der Waals surface area contributed by atoms with Gasteiger partial charge in [-0.25, -0.2) is 4.98 Å². The number of pyridine rings is 1. The minimum atomic E-state index is -0.530. The lowest BCUT2D eigenvalue weighted by atomic mass is 10.2. The zero-order valence-electron chi connectivity index (χ0n) is 6.82. The van der Waals surface area contributed by atoms with E-state index >= 15 is 0 Å². The monoisotopic (exact) mass is 165 g/mol. The minimum absolute atomic E-state index is 0.177. The molecule has 0 saturated carbocycles. The lowest BCUT2D eigenvalue weighted by Gasteiger charge is -2.04. The van der Waals surface area contributed by atoms with E-state index in [1.807, 2.05) is 0 Å². The smallest absolute Gasteiger partial charge is 0.267 e. The molecule has 0 aliphatic heterocycles. The van der Waals surface area contributed by atoms with Gasteiger partial charge < -0.3 is 11.5 Å². The Labute approximate surface area is 70.6 Å². The first-order valence-corrected chi connectivity index (χ1v) is 3.63. The van der Waals surface area contributed by atoms with Gasteiger partial charge in [-0.15, -0.1) is 0 Å². The molecule has 1 unspecified atom stereocenters. The number of rotatable bonds is 2. The highest BCUT2D eigenvalue weighted by Gasteiger charge is 2.05. The van der Waals surface area contributed by atoms with E-state index in [2.05, 4.69) is 4.98 Å². The zero-order chi connectivity index (χ0) is 9.14. The summed E-state index contributed by atoms with van der Waals surface area (Å²) < 4.78 is 0. The summed E-state index contributed by atoms with van der Waals surface area (Å²) in [5, 5.41) is 0. The van der Waals surface area contributed by atoms with Crippen LogP contribution in [-0.4, -0.2) is 10.9 Å². The summed E-state index contributed by atoms with van der Waals surface area (Å²) in [6.45, 7) is 1.80. The molecule has 0 aliphatic carbocycles. The topological polar surface area (TPSA) is 82.0 Å². The zero-order valence-corrected chi connectivity index (χ0v) is 6.82. The molecule has 1 aromatic heterocycles. The number of amides is 1. The first-order valence-electron chi connectivity index (χ1n) is 3.63. The highest BCUT2D eigenvalue weighted by molar-refractivity contribution is 5.90. The van der Waals surface area contributed by atoms with Crippen molar-refractivity contribution in [1.29, 1.82) is 0 Å². The number of nitrogens with two attached hydrogens (primary N) is 2. The molecule has 0 spiro atoms. The molecule has 0 fully saturated rings. The minimum Gasteiger partial charge on any atom is -0.364 e. The van der Waals surface area contributed by atoms with Crippen LogP contribution < -0.4 is 11.5 Å². The predicted molar refractivity (Wildman–Crippen MR) is 45.4 cm³/mol. The van der Waals surface area contributed by atoms with Gasteiger partial charge in [-0.05, 0) is 19.1 Å². The van der Waals surface area contributed by atoms with Crippen molar-refractivity contribution in [2.24, 2.45) is 11.5 Å². The van der Waals surface area contributed by atoms with E-state index < -0.39 is 5.91 Å². The third-order valence-electron chi connectivity index (χ3n) is 1.49. The first kappa shape index (κ1) is 8.67. The maximum absolute atomic E-state index is 10.7. The molecule has 1 rings (SSSR count). The second kappa shape index (κ2) is 3.32. The molecule has 4 N–H and O–H groups in total. The van der Waals surface area contributed by atoms with Gasteiger partial charge in [0.15, 0.2) is 0 Å². The van der Waals surface area contributed by atoms with Crippen molar-refractivity contribution in [1.82, 2.24) is 4.98 Å². The average molecular weight is 165 g/mol. The van der Waals surface area contributed by atoms with Crippen molar-refractivity contribution in [2.75, 3.05) is 0 Å². The Morgan fingerprint density at radius 1 is 1.58 bits per heavy atom. The quantitative estimate of drug-likeness (QED) is 0.656. The molecule has 0 aliphatic rings. The van der Waals surface area contributed by atoms with Gasteiger partial charge in [-0.2, -0.15) is 0 Å². The van der Waals surface area contributed by atoms with Crippen LogP contribution in [0.5, 0.6) is 0 Å². The molecule has 1 atom stereocenters. The van der Waals surface area contributed by atoms with Gasteiger partial charge in [0, 0.05) is 6.04 Å². The molecule has 0 bridgehead atoms. The number of carbonyl (C=O) groups excluding carboxylic acids is 1. The van der Waals surface area contributed by atoms with Crippen LogP contribution in [0.15, 0.2) is 18.2 Å². The summed E-state index contributed by atoms with van der Waals surface area (Å²) in [5.74, 6) is -0.530. The Balaban J connectivity index is 3.04. The summed E-state index contributed by atoms with van der Waals surface area (Å²) in [6, 6.07) is 4.86. The summed E-state index contributed by atoms with van der Waals surface area (Å²) in [6.07, 6.45) is 0. The number of aromatic nitrogens is 1. The molecule has 0 saturated heterocycles. The highest BCUT2D eigenvalue weighted by atomic mass is 16.1. The van der Waals surface area contributed by atoms with Crippen LogP contribution in [0, 0.1) is 0 Å². The Hall–Kier alpha value is -1.42. The molecule has 64 valence electrons. The van der Waals surface area contributed by atoms with E-state index in [1.165, 1.54) is 0 Å². The molecular formula is C8H11N3O. The fourth-order valence-electron chi connectivity index (χ4n) is 0.842. The van der Waals surface area contributed by atoms with E-state index in [1.54, 1.807) is 25.1 Å². The van der Waals surface area contributed by atoms with Crippen molar-refractivity contribution in [3.63, 3.8) is 0 Å². The molecule has 0 aromatic carbocycles. The van der Waals surface area contributed by atoms with E-state index in [0.717, 1.165) is 0 Å². The number of primary amides is 1. The van der Waals surface area contributed by atoms with Crippen LogP contribution >= 0.6 is 0 Å². The van der Waals surface area contributed by atoms with Gasteiger partial charge in [0.25, 0.3) is 5.91 Å². The van der Waals surface area contributed by atoms with Crippen molar-refractivity contribution in [2.45, 2.75) is 13.0 Å². The maximum Gasteiger partial charge on any atom is 0.267 e. The van der Waals surface area contributed by atoms with Crippen LogP contribution in [0.4, 0.5) is 0 Å². The molecule has 1 aromatic rings. The van der Waals surface area contributed by atoms with Gasteiger partial charge >= 0.3 is 0 Å². The first-order chi connectivity index (χ1) is 5.61. The lowest BCUT2D eigenvalue weighted by molar-refractivity contribution is 0.0995. The fourth-order valence-corrected chi connectivity index (χ4v) is 0.842. The average Bonchev–Trinajstić information content (AvgIpc) is 2.04. The Bertz CT molecular complexity index is 296. The van der Waals surface area contributed by atoms with Gasteiger partial charge in [0.2, 0.25) is 0 Å². The second-order valence-corrected chi connectivity index (χ2v) is 2.60. The second-order valence-electron chi connectivity index (χ2n) is 2.60. The summed E-state index contributed by atoms with van der Waals surface area (Å²) in [4.78, 5) is 14.7. The summed E-state index contributed by atoms with van der Waals surface area (Å²) in [7, 11) is 0. The number of hydrogen-bond acceptors (Lipinski definition) is 3. The van der Waals surface area contributed by atoms with Crippen molar-refractivity contribution in [3.8, 4) is 0 Å². The van der Waals surface area contributed by atoms with Crippen LogP contribution in [0.3, 0.4) is 0 Å². The van der Waals surface area contributed by atoms with Gasteiger partial charge in [0.1, 0.15) is 5.69 Å². The number of nitrogens with zero attached hydrogens (tertiary/aromatic N) is 1. The SMILES string of the molecule is CC(N)c1cccc(C(N)=O)n1. The van der Waals surface area contributed by atoms with Crippen LogP contribution in [0.1, 0.15) is 29.1 Å². The lowest BCUT2D eigenvalue weighted by Crippen LogP contribution is -2.15. The van der Waals surface area contributed by atoms with Crippen LogP contribution in [0.2, 0.25) is 0 Å². The largest absolute Gasteiger partial charge is 0.364 e. The molecular weight excluding hydrogens is 154 g/mol. The van der Waals surface area contributed by atoms with Crippen LogP contribution in [0.25, 0.3) is 0 Å². The molecule has 0 radical (unpaired) electrons.